The largest absolute Gasteiger partial charge is 0.351 e. The standard InChI is InChI=1S/C53H50N12O/c54-19-20-55-53(66)32-21-36-24-38-15-10-30-9-11-31-23-46-39(48-47(31)60-42-5-1-2-6-43(42)61-48)16-12-33(57-46)26-64(28-37(22-32)56-36)27-34-13-17-40-49(58-34)50-41(18-14-35(59-50)29-65(38)25-30)52-51(40)62-44-7-3-4-8-45(44)63-52/h9-14,16-18,21-23,38H,1-8,15,19-20,24-29,54H2,(H,55,66)/b11-9-. The van der Waals surface area contributed by atoms with Gasteiger partial charge in [0.05, 0.1) is 84.2 Å². The molecule has 14 rings (SSSR count). The molecule has 66 heavy (non-hydrogen) atoms. The van der Waals surface area contributed by atoms with Gasteiger partial charge in [-0.05, 0) is 118 Å². The van der Waals surface area contributed by atoms with Gasteiger partial charge in [0.25, 0.3) is 5.91 Å². The number of carbonyl (C=O) groups excluding carboxylic acids is 1. The van der Waals surface area contributed by atoms with Crippen LogP contribution in [-0.4, -0.2) is 81.3 Å². The van der Waals surface area contributed by atoms with Crippen LogP contribution in [0.1, 0.15) is 99.3 Å². The minimum atomic E-state index is -0.150. The molecule has 3 N–H and O–H groups in total. The van der Waals surface area contributed by atoms with E-state index >= 15 is 0 Å². The molecule has 1 amide bonds. The number of carbonyl (C=O) groups is 1. The Morgan fingerprint density at radius 2 is 1.14 bits per heavy atom. The number of nitrogens with one attached hydrogen (secondary N) is 1. The van der Waals surface area contributed by atoms with Gasteiger partial charge in [0.15, 0.2) is 0 Å². The molecule has 3 atom stereocenters. The average molecular weight is 871 g/mol. The average Bonchev–Trinajstić information content (AvgIpc) is 3.34. The molecule has 10 heterocycles. The summed E-state index contributed by atoms with van der Waals surface area (Å²) in [6, 6.07) is 19.2. The van der Waals surface area contributed by atoms with Crippen molar-refractivity contribution in [1.29, 1.82) is 0 Å². The minimum Gasteiger partial charge on any atom is -0.351 e. The van der Waals surface area contributed by atoms with E-state index in [1.807, 2.05) is 12.1 Å². The van der Waals surface area contributed by atoms with Crippen molar-refractivity contribution < 1.29 is 4.79 Å². The van der Waals surface area contributed by atoms with Gasteiger partial charge in [-0.1, -0.05) is 18.2 Å². The van der Waals surface area contributed by atoms with Gasteiger partial charge in [-0.2, -0.15) is 0 Å². The maximum Gasteiger partial charge on any atom is 0.251 e. The highest BCUT2D eigenvalue weighted by molar-refractivity contribution is 6.20. The van der Waals surface area contributed by atoms with Crippen LogP contribution in [0.3, 0.4) is 0 Å². The molecule has 3 unspecified atom stereocenters. The molecule has 328 valence electrons. The van der Waals surface area contributed by atoms with Gasteiger partial charge in [0.1, 0.15) is 0 Å². The summed E-state index contributed by atoms with van der Waals surface area (Å²) in [6.07, 6.45) is 16.7. The molecule has 6 aliphatic rings. The monoisotopic (exact) mass is 870 g/mol. The second-order valence-electron chi connectivity index (χ2n) is 18.9. The van der Waals surface area contributed by atoms with Crippen LogP contribution in [0.15, 0.2) is 72.3 Å². The predicted octanol–water partition coefficient (Wildman–Crippen LogP) is 7.34. The third-order valence-electron chi connectivity index (χ3n) is 14.3. The van der Waals surface area contributed by atoms with Crippen LogP contribution in [0.4, 0.5) is 0 Å². The number of amides is 1. The van der Waals surface area contributed by atoms with Gasteiger partial charge in [-0.3, -0.25) is 24.6 Å². The molecule has 13 bridgehead atoms. The Morgan fingerprint density at radius 1 is 0.576 bits per heavy atom. The van der Waals surface area contributed by atoms with Crippen molar-refractivity contribution in [2.45, 2.75) is 96.4 Å². The summed E-state index contributed by atoms with van der Waals surface area (Å²) in [4.78, 5) is 61.7. The number of hydrogen-bond donors (Lipinski definition) is 2. The van der Waals surface area contributed by atoms with Crippen LogP contribution in [0.2, 0.25) is 0 Å². The van der Waals surface area contributed by atoms with Crippen molar-refractivity contribution in [1.82, 2.24) is 55.0 Å². The van der Waals surface area contributed by atoms with Gasteiger partial charge < -0.3 is 11.1 Å². The first-order valence-corrected chi connectivity index (χ1v) is 23.8. The van der Waals surface area contributed by atoms with Crippen molar-refractivity contribution in [3.05, 3.63) is 135 Å². The fourth-order valence-electron chi connectivity index (χ4n) is 11.1. The lowest BCUT2D eigenvalue weighted by Gasteiger charge is -2.35. The molecule has 4 aliphatic heterocycles. The van der Waals surface area contributed by atoms with Crippen LogP contribution in [0.5, 0.6) is 0 Å². The molecule has 0 radical (unpaired) electrons. The Kier molecular flexibility index (Phi) is 9.64. The van der Waals surface area contributed by atoms with Crippen molar-refractivity contribution in [2.75, 3.05) is 19.6 Å². The molecule has 2 aromatic carbocycles. The van der Waals surface area contributed by atoms with E-state index in [2.05, 4.69) is 75.8 Å². The molecular formula is C53H50N12O. The molecule has 13 heteroatoms. The zero-order valence-corrected chi connectivity index (χ0v) is 37.0. The minimum absolute atomic E-state index is 0.0966. The third kappa shape index (κ3) is 7.08. The first-order valence-electron chi connectivity index (χ1n) is 23.8. The molecule has 0 saturated heterocycles. The van der Waals surface area contributed by atoms with Gasteiger partial charge in [0.2, 0.25) is 0 Å². The van der Waals surface area contributed by atoms with Crippen molar-refractivity contribution in [3.8, 4) is 0 Å². The lowest BCUT2D eigenvalue weighted by Crippen LogP contribution is -2.40. The van der Waals surface area contributed by atoms with Crippen molar-refractivity contribution in [3.63, 3.8) is 0 Å². The van der Waals surface area contributed by atoms with Crippen molar-refractivity contribution >= 4 is 66.8 Å². The van der Waals surface area contributed by atoms with E-state index in [1.165, 1.54) is 5.57 Å². The molecular weight excluding hydrogens is 821 g/mol. The van der Waals surface area contributed by atoms with E-state index in [-0.39, 0.29) is 11.9 Å². The zero-order valence-electron chi connectivity index (χ0n) is 37.0. The van der Waals surface area contributed by atoms with E-state index in [9.17, 15) is 4.79 Å². The van der Waals surface area contributed by atoms with Crippen LogP contribution in [0.25, 0.3) is 60.9 Å². The number of rotatable bonds is 3. The number of aromatic nitrogens is 8. The quantitative estimate of drug-likeness (QED) is 0.170. The lowest BCUT2D eigenvalue weighted by atomic mass is 9.96. The normalized spacial score (nSPS) is 20.7. The van der Waals surface area contributed by atoms with Gasteiger partial charge in [0, 0.05) is 91.3 Å². The summed E-state index contributed by atoms with van der Waals surface area (Å²) in [5, 5.41) is 5.98. The van der Waals surface area contributed by atoms with Crippen molar-refractivity contribution in [2.24, 2.45) is 5.73 Å². The molecule has 0 saturated carbocycles. The molecule has 6 aromatic heterocycles. The highest BCUT2D eigenvalue weighted by atomic mass is 16.1. The maximum atomic E-state index is 13.7. The van der Waals surface area contributed by atoms with E-state index < -0.39 is 0 Å². The first kappa shape index (κ1) is 39.7. The molecule has 8 aromatic rings. The van der Waals surface area contributed by atoms with E-state index in [4.69, 9.17) is 45.6 Å². The topological polar surface area (TPSA) is 165 Å². The number of pyridine rings is 4. The Balaban J connectivity index is 1.04. The highest BCUT2D eigenvalue weighted by Crippen LogP contribution is 2.36. The number of nitrogens with zero attached hydrogens (tertiary/aromatic N) is 10. The Labute approximate surface area is 381 Å². The highest BCUT2D eigenvalue weighted by Gasteiger charge is 2.28. The van der Waals surface area contributed by atoms with E-state index in [0.29, 0.717) is 57.8 Å². The number of fused-ring (bicyclic) bond motifs is 10. The fourth-order valence-corrected chi connectivity index (χ4v) is 11.1. The van der Waals surface area contributed by atoms with Crippen LogP contribution in [0, 0.1) is 0 Å². The fraction of sp³-hybridized carbons (Fsp3) is 0.340. The predicted molar refractivity (Wildman–Crippen MR) is 256 cm³/mol. The van der Waals surface area contributed by atoms with E-state index in [1.54, 1.807) is 0 Å². The SMILES string of the molecule is NCCNC(=O)c1cc2nc(c1)CN1Cc3ccc4c(cc(c5nc6c(nc54)CCCC6)/C=C\C4=CCC(C2)N(C4)Cc2ccc4c(n2)c2nc(ccc2c2nc5c(nc42)CCCC5)C1)n3. The summed E-state index contributed by atoms with van der Waals surface area (Å²) < 4.78 is 0. The number of nitrogens with two attached hydrogens (primary N) is 1. The number of aryl methyl sites for hydroxylation is 4. The Hall–Kier alpha value is -6.67. The molecule has 2 aliphatic carbocycles. The smallest absolute Gasteiger partial charge is 0.251 e. The molecule has 0 spiro atoms. The summed E-state index contributed by atoms with van der Waals surface area (Å²) in [5.41, 5.74) is 23.8. The Bertz CT molecular complexity index is 3420. The zero-order chi connectivity index (χ0) is 43.9. The maximum absolute atomic E-state index is 13.7. The number of hydrogen-bond acceptors (Lipinski definition) is 12. The third-order valence-corrected chi connectivity index (χ3v) is 14.3. The number of benzene rings is 2. The lowest BCUT2D eigenvalue weighted by molar-refractivity contribution is 0.0954. The Morgan fingerprint density at radius 3 is 1.80 bits per heavy atom. The first-order chi connectivity index (χ1) is 32.5. The summed E-state index contributed by atoms with van der Waals surface area (Å²) in [5.74, 6) is -0.150. The second-order valence-corrected chi connectivity index (χ2v) is 18.9. The summed E-state index contributed by atoms with van der Waals surface area (Å²) in [6.45, 7) is 3.54. The van der Waals surface area contributed by atoms with Crippen LogP contribution >= 0.6 is 0 Å². The van der Waals surface area contributed by atoms with Gasteiger partial charge in [-0.15, -0.1) is 0 Å². The van der Waals surface area contributed by atoms with Crippen LogP contribution in [-0.2, 0) is 58.3 Å². The van der Waals surface area contributed by atoms with E-state index in [0.717, 1.165) is 169 Å². The molecule has 13 nitrogen and oxygen atoms in total. The summed E-state index contributed by atoms with van der Waals surface area (Å²) in [7, 11) is 0. The summed E-state index contributed by atoms with van der Waals surface area (Å²) >= 11 is 0. The van der Waals surface area contributed by atoms with Gasteiger partial charge >= 0.3 is 0 Å². The van der Waals surface area contributed by atoms with Gasteiger partial charge in [-0.25, -0.2) is 29.9 Å². The second kappa shape index (κ2) is 16.0. The van der Waals surface area contributed by atoms with Crippen LogP contribution < -0.4 is 11.1 Å². The molecule has 0 fully saturated rings.